The molecule has 0 spiro atoms. The van der Waals surface area contributed by atoms with Gasteiger partial charge in [-0.3, -0.25) is 4.98 Å². The average molecular weight is 286 g/mol. The monoisotopic (exact) mass is 286 g/mol. The van der Waals surface area contributed by atoms with Crippen molar-refractivity contribution in [3.63, 3.8) is 0 Å². The standard InChI is InChI=1S/C17H22N2O2/c1-20-17(7-10-21-11-8-17)16(18)12-13-6-9-19-15-5-3-2-4-14(13)15/h2-6,9,16H,7-8,10-12,18H2,1H3. The topological polar surface area (TPSA) is 57.4 Å². The minimum absolute atomic E-state index is 0.0443. The van der Waals surface area contributed by atoms with Crippen molar-refractivity contribution >= 4 is 10.9 Å². The highest BCUT2D eigenvalue weighted by Gasteiger charge is 2.38. The van der Waals surface area contributed by atoms with Crippen molar-refractivity contribution in [1.29, 1.82) is 0 Å². The second-order valence-corrected chi connectivity index (χ2v) is 5.68. The van der Waals surface area contributed by atoms with Gasteiger partial charge in [-0.05, 0) is 24.1 Å². The number of ether oxygens (including phenoxy) is 2. The molecule has 0 bridgehead atoms. The van der Waals surface area contributed by atoms with Gasteiger partial charge in [-0.1, -0.05) is 18.2 Å². The van der Waals surface area contributed by atoms with Gasteiger partial charge in [0.2, 0.25) is 0 Å². The van der Waals surface area contributed by atoms with Crippen LogP contribution in [0, 0.1) is 0 Å². The summed E-state index contributed by atoms with van der Waals surface area (Å²) >= 11 is 0. The number of benzene rings is 1. The summed E-state index contributed by atoms with van der Waals surface area (Å²) in [5.41, 5.74) is 8.49. The predicted octanol–water partition coefficient (Wildman–Crippen LogP) is 2.30. The molecule has 0 saturated carbocycles. The molecule has 0 amide bonds. The zero-order chi connectivity index (χ0) is 14.7. The van der Waals surface area contributed by atoms with Crippen LogP contribution >= 0.6 is 0 Å². The number of pyridine rings is 1. The number of para-hydroxylation sites is 1. The van der Waals surface area contributed by atoms with Gasteiger partial charge in [-0.25, -0.2) is 0 Å². The number of hydrogen-bond donors (Lipinski definition) is 1. The molecule has 1 unspecified atom stereocenters. The fourth-order valence-electron chi connectivity index (χ4n) is 3.20. The fourth-order valence-corrected chi connectivity index (χ4v) is 3.20. The molecule has 1 atom stereocenters. The first kappa shape index (κ1) is 14.4. The molecular formula is C17H22N2O2. The molecule has 1 aromatic carbocycles. The second kappa shape index (κ2) is 6.10. The van der Waals surface area contributed by atoms with Gasteiger partial charge in [-0.2, -0.15) is 0 Å². The van der Waals surface area contributed by atoms with E-state index in [1.807, 2.05) is 24.4 Å². The SMILES string of the molecule is COC1(C(N)Cc2ccnc3ccccc23)CCOCC1. The van der Waals surface area contributed by atoms with Gasteiger partial charge in [0.1, 0.15) is 0 Å². The van der Waals surface area contributed by atoms with Gasteiger partial charge in [0.25, 0.3) is 0 Å². The highest BCUT2D eigenvalue weighted by Crippen LogP contribution is 2.30. The van der Waals surface area contributed by atoms with E-state index in [0.29, 0.717) is 0 Å². The maximum atomic E-state index is 6.52. The summed E-state index contributed by atoms with van der Waals surface area (Å²) in [4.78, 5) is 4.41. The Hall–Kier alpha value is -1.49. The quantitative estimate of drug-likeness (QED) is 0.937. The van der Waals surface area contributed by atoms with E-state index in [2.05, 4.69) is 17.1 Å². The number of rotatable bonds is 4. The summed E-state index contributed by atoms with van der Waals surface area (Å²) in [6.07, 6.45) is 4.35. The van der Waals surface area contributed by atoms with Gasteiger partial charge in [0.05, 0.1) is 11.1 Å². The van der Waals surface area contributed by atoms with Crippen LogP contribution in [0.3, 0.4) is 0 Å². The summed E-state index contributed by atoms with van der Waals surface area (Å²) in [7, 11) is 1.76. The molecule has 112 valence electrons. The number of fused-ring (bicyclic) bond motifs is 1. The van der Waals surface area contributed by atoms with Crippen LogP contribution < -0.4 is 5.73 Å². The van der Waals surface area contributed by atoms with Crippen molar-refractivity contribution in [1.82, 2.24) is 4.98 Å². The van der Waals surface area contributed by atoms with E-state index in [4.69, 9.17) is 15.2 Å². The third kappa shape index (κ3) is 2.79. The van der Waals surface area contributed by atoms with Crippen molar-refractivity contribution in [3.05, 3.63) is 42.1 Å². The van der Waals surface area contributed by atoms with Gasteiger partial charge < -0.3 is 15.2 Å². The first-order chi connectivity index (χ1) is 10.2. The summed E-state index contributed by atoms with van der Waals surface area (Å²) in [5, 5.41) is 1.17. The first-order valence-corrected chi connectivity index (χ1v) is 7.46. The molecule has 2 heterocycles. The normalized spacial score (nSPS) is 19.5. The maximum absolute atomic E-state index is 6.52. The van der Waals surface area contributed by atoms with Crippen molar-refractivity contribution in [2.45, 2.75) is 30.9 Å². The summed E-state index contributed by atoms with van der Waals surface area (Å²) in [5.74, 6) is 0. The van der Waals surface area contributed by atoms with E-state index in [1.54, 1.807) is 7.11 Å². The lowest BCUT2D eigenvalue weighted by atomic mass is 9.83. The molecular weight excluding hydrogens is 264 g/mol. The molecule has 4 nitrogen and oxygen atoms in total. The molecule has 0 aliphatic carbocycles. The Kier molecular flexibility index (Phi) is 4.19. The summed E-state index contributed by atoms with van der Waals surface area (Å²) < 4.78 is 11.3. The first-order valence-electron chi connectivity index (χ1n) is 7.46. The average Bonchev–Trinajstić information content (AvgIpc) is 2.56. The molecule has 3 rings (SSSR count). The molecule has 2 N–H and O–H groups in total. The molecule has 1 aliphatic heterocycles. The smallest absolute Gasteiger partial charge is 0.0875 e. The number of nitrogens with zero attached hydrogens (tertiary/aromatic N) is 1. The van der Waals surface area contributed by atoms with Crippen LogP contribution in [-0.4, -0.2) is 37.0 Å². The third-order valence-electron chi connectivity index (χ3n) is 4.60. The van der Waals surface area contributed by atoms with Crippen LogP contribution in [0.5, 0.6) is 0 Å². The zero-order valence-corrected chi connectivity index (χ0v) is 12.4. The van der Waals surface area contributed by atoms with Gasteiger partial charge >= 0.3 is 0 Å². The molecule has 1 aromatic heterocycles. The zero-order valence-electron chi connectivity index (χ0n) is 12.4. The Morgan fingerprint density at radius 3 is 2.81 bits per heavy atom. The van der Waals surface area contributed by atoms with Crippen LogP contribution in [0.1, 0.15) is 18.4 Å². The molecule has 1 saturated heterocycles. The molecule has 21 heavy (non-hydrogen) atoms. The minimum Gasteiger partial charge on any atom is -0.381 e. The number of hydrogen-bond acceptors (Lipinski definition) is 4. The Balaban J connectivity index is 1.87. The molecule has 1 aliphatic rings. The maximum Gasteiger partial charge on any atom is 0.0875 e. The highest BCUT2D eigenvalue weighted by atomic mass is 16.5. The lowest BCUT2D eigenvalue weighted by Crippen LogP contribution is -2.53. The van der Waals surface area contributed by atoms with Crippen LogP contribution in [0.25, 0.3) is 10.9 Å². The third-order valence-corrected chi connectivity index (χ3v) is 4.60. The number of nitrogens with two attached hydrogens (primary N) is 1. The van der Waals surface area contributed by atoms with Crippen molar-refractivity contribution in [3.8, 4) is 0 Å². The molecule has 1 fully saturated rings. The lowest BCUT2D eigenvalue weighted by Gasteiger charge is -2.40. The molecule has 2 aromatic rings. The second-order valence-electron chi connectivity index (χ2n) is 5.68. The number of methoxy groups -OCH3 is 1. The Morgan fingerprint density at radius 2 is 2.05 bits per heavy atom. The Labute approximate surface area is 125 Å². The van der Waals surface area contributed by atoms with Crippen molar-refractivity contribution in [2.24, 2.45) is 5.73 Å². The van der Waals surface area contributed by atoms with E-state index in [9.17, 15) is 0 Å². The van der Waals surface area contributed by atoms with E-state index in [1.165, 1.54) is 10.9 Å². The number of aromatic nitrogens is 1. The molecule has 0 radical (unpaired) electrons. The largest absolute Gasteiger partial charge is 0.381 e. The van der Waals surface area contributed by atoms with Crippen LogP contribution in [-0.2, 0) is 15.9 Å². The van der Waals surface area contributed by atoms with E-state index in [-0.39, 0.29) is 11.6 Å². The highest BCUT2D eigenvalue weighted by molar-refractivity contribution is 5.81. The van der Waals surface area contributed by atoms with Crippen molar-refractivity contribution in [2.75, 3.05) is 20.3 Å². The fraction of sp³-hybridized carbons (Fsp3) is 0.471. The van der Waals surface area contributed by atoms with Crippen molar-refractivity contribution < 1.29 is 9.47 Å². The summed E-state index contributed by atoms with van der Waals surface area (Å²) in [6.45, 7) is 1.44. The molecule has 4 heteroatoms. The van der Waals surface area contributed by atoms with Gasteiger partial charge in [-0.15, -0.1) is 0 Å². The minimum atomic E-state index is -0.275. The Bertz CT molecular complexity index is 603. The van der Waals surface area contributed by atoms with Gasteiger partial charge in [0.15, 0.2) is 0 Å². The van der Waals surface area contributed by atoms with Gasteiger partial charge in [0, 0.05) is 50.8 Å². The van der Waals surface area contributed by atoms with E-state index >= 15 is 0 Å². The summed E-state index contributed by atoms with van der Waals surface area (Å²) in [6, 6.07) is 10.2. The van der Waals surface area contributed by atoms with E-state index < -0.39 is 0 Å². The van der Waals surface area contributed by atoms with Crippen LogP contribution in [0.15, 0.2) is 36.5 Å². The van der Waals surface area contributed by atoms with Crippen LogP contribution in [0.4, 0.5) is 0 Å². The Morgan fingerprint density at radius 1 is 1.29 bits per heavy atom. The predicted molar refractivity (Wildman–Crippen MR) is 83.2 cm³/mol. The van der Waals surface area contributed by atoms with Crippen LogP contribution in [0.2, 0.25) is 0 Å². The van der Waals surface area contributed by atoms with E-state index in [0.717, 1.165) is 38.0 Å². The lowest BCUT2D eigenvalue weighted by molar-refractivity contribution is -0.103.